The van der Waals surface area contributed by atoms with Crippen LogP contribution in [0.3, 0.4) is 0 Å². The van der Waals surface area contributed by atoms with Crippen LogP contribution in [-0.4, -0.2) is 64.5 Å². The minimum Gasteiger partial charge on any atom is -0.480 e. The fraction of sp³-hybridized carbons (Fsp3) is 0.333. The van der Waals surface area contributed by atoms with Crippen LogP contribution in [0.25, 0.3) is 0 Å². The molecule has 2 amide bonds. The molecule has 0 spiro atoms. The molecule has 0 saturated carbocycles. The molecule has 0 saturated heterocycles. The SMILES string of the molecule is CC(C)CN(Cc1ccc(C(=O)Oc2ccc(C(=N)N)cc2F)s1)C(=O)N[C@@H](CC(=O)OC(=O)C(F)(F)F)C(=O)O. The molecule has 0 aliphatic rings. The van der Waals surface area contributed by atoms with Crippen molar-refractivity contribution in [3.05, 3.63) is 51.5 Å². The van der Waals surface area contributed by atoms with E-state index in [1.165, 1.54) is 18.2 Å². The molecule has 0 bridgehead atoms. The van der Waals surface area contributed by atoms with Crippen molar-refractivity contribution in [2.45, 2.75) is 39.0 Å². The second-order valence-electron chi connectivity index (χ2n) is 8.79. The molecule has 0 radical (unpaired) electrons. The molecule has 12 nitrogen and oxygen atoms in total. The van der Waals surface area contributed by atoms with E-state index in [4.69, 9.17) is 15.9 Å². The van der Waals surface area contributed by atoms with Crippen molar-refractivity contribution in [1.29, 1.82) is 5.41 Å². The lowest BCUT2D eigenvalue weighted by Crippen LogP contribution is -2.49. The van der Waals surface area contributed by atoms with Crippen LogP contribution in [0.2, 0.25) is 0 Å². The molecule has 17 heteroatoms. The third-order valence-corrected chi connectivity index (χ3v) is 5.98. The Hall–Kier alpha value is -4.54. The number of carboxylic acid groups (broad SMARTS) is 1. The summed E-state index contributed by atoms with van der Waals surface area (Å²) in [6.45, 7) is 3.37. The maximum Gasteiger partial charge on any atom is 0.491 e. The first kappa shape index (κ1) is 32.7. The number of amidine groups is 1. The summed E-state index contributed by atoms with van der Waals surface area (Å²) >= 11 is 0.885. The second kappa shape index (κ2) is 13.7. The molecule has 2 rings (SSSR count). The van der Waals surface area contributed by atoms with Crippen molar-refractivity contribution < 1.29 is 56.1 Å². The van der Waals surface area contributed by atoms with E-state index in [-0.39, 0.29) is 35.3 Å². The number of urea groups is 1. The Morgan fingerprint density at radius 3 is 2.34 bits per heavy atom. The number of alkyl halides is 3. The Balaban J connectivity index is 2.11. The van der Waals surface area contributed by atoms with Crippen LogP contribution in [0.5, 0.6) is 5.75 Å². The number of rotatable bonds is 11. The summed E-state index contributed by atoms with van der Waals surface area (Å²) in [5.41, 5.74) is 5.38. The van der Waals surface area contributed by atoms with Crippen molar-refractivity contribution in [2.24, 2.45) is 11.7 Å². The van der Waals surface area contributed by atoms with Gasteiger partial charge < -0.3 is 30.5 Å². The van der Waals surface area contributed by atoms with Crippen LogP contribution in [0.4, 0.5) is 22.4 Å². The first-order chi connectivity index (χ1) is 19.0. The first-order valence-corrected chi connectivity index (χ1v) is 12.3. The quantitative estimate of drug-likeness (QED) is 0.0746. The summed E-state index contributed by atoms with van der Waals surface area (Å²) in [6, 6.07) is 3.12. The third kappa shape index (κ3) is 9.86. The van der Waals surface area contributed by atoms with Gasteiger partial charge in [0.25, 0.3) is 0 Å². The van der Waals surface area contributed by atoms with Crippen LogP contribution < -0.4 is 15.8 Å². The molecule has 1 aromatic carbocycles. The largest absolute Gasteiger partial charge is 0.491 e. The Morgan fingerprint density at radius 1 is 1.15 bits per heavy atom. The number of carboxylic acids is 1. The van der Waals surface area contributed by atoms with Gasteiger partial charge in [0, 0.05) is 17.0 Å². The van der Waals surface area contributed by atoms with Gasteiger partial charge in [0.05, 0.1) is 13.0 Å². The number of carbonyl (C=O) groups excluding carboxylic acids is 4. The van der Waals surface area contributed by atoms with E-state index in [9.17, 15) is 46.6 Å². The van der Waals surface area contributed by atoms with E-state index in [0.717, 1.165) is 28.4 Å². The number of carbonyl (C=O) groups is 5. The van der Waals surface area contributed by atoms with Gasteiger partial charge in [-0.15, -0.1) is 11.3 Å². The molecule has 0 aliphatic heterocycles. The number of nitrogens with one attached hydrogen (secondary N) is 2. The Labute approximate surface area is 233 Å². The normalized spacial score (nSPS) is 11.9. The van der Waals surface area contributed by atoms with Gasteiger partial charge >= 0.3 is 36.1 Å². The zero-order chi connectivity index (χ0) is 31.1. The van der Waals surface area contributed by atoms with Gasteiger partial charge in [-0.05, 0) is 36.2 Å². The van der Waals surface area contributed by atoms with Crippen molar-refractivity contribution in [2.75, 3.05) is 6.54 Å². The molecule has 41 heavy (non-hydrogen) atoms. The van der Waals surface area contributed by atoms with Gasteiger partial charge in [0.2, 0.25) is 0 Å². The standard InChI is InChI=1S/C24H24F4N4O8S/c1-11(2)9-32(23(38)31-15(20(34)35)8-18(33)40-22(37)24(26,27)28)10-13-4-6-17(41-13)21(36)39-16-5-3-12(19(29)30)7-14(16)25/h3-7,11,15H,8-10H2,1-2H3,(H3,29,30)(H,31,38)(H,34,35)/t15-/m0/s1. The Kier molecular flexibility index (Phi) is 10.9. The molecule has 1 atom stereocenters. The molecule has 2 aromatic rings. The number of esters is 3. The van der Waals surface area contributed by atoms with Crippen LogP contribution in [0.15, 0.2) is 30.3 Å². The summed E-state index contributed by atoms with van der Waals surface area (Å²) in [5.74, 6) is -9.22. The molecular formula is C24H24F4N4O8S. The Morgan fingerprint density at radius 2 is 1.80 bits per heavy atom. The summed E-state index contributed by atoms with van der Waals surface area (Å²) in [4.78, 5) is 60.9. The van der Waals surface area contributed by atoms with Gasteiger partial charge in [-0.3, -0.25) is 10.2 Å². The highest BCUT2D eigenvalue weighted by molar-refractivity contribution is 7.13. The lowest BCUT2D eigenvalue weighted by atomic mass is 10.2. The number of benzene rings is 1. The highest BCUT2D eigenvalue weighted by Gasteiger charge is 2.43. The average molecular weight is 605 g/mol. The van der Waals surface area contributed by atoms with Gasteiger partial charge in [-0.1, -0.05) is 13.8 Å². The van der Waals surface area contributed by atoms with Gasteiger partial charge in [-0.25, -0.2) is 23.6 Å². The number of amides is 2. The van der Waals surface area contributed by atoms with Crippen LogP contribution in [-0.2, 0) is 25.7 Å². The van der Waals surface area contributed by atoms with E-state index in [1.54, 1.807) is 13.8 Å². The fourth-order valence-corrected chi connectivity index (χ4v) is 4.03. The number of halogens is 4. The molecule has 1 heterocycles. The van der Waals surface area contributed by atoms with Crippen molar-refractivity contribution >= 4 is 47.1 Å². The number of aliphatic carboxylic acids is 1. The monoisotopic (exact) mass is 604 g/mol. The minimum absolute atomic E-state index is 0.0282. The van der Waals surface area contributed by atoms with Crippen molar-refractivity contribution in [3.8, 4) is 5.75 Å². The van der Waals surface area contributed by atoms with Crippen molar-refractivity contribution in [3.63, 3.8) is 0 Å². The predicted molar refractivity (Wildman–Crippen MR) is 134 cm³/mol. The number of nitrogen functional groups attached to an aromatic ring is 1. The van der Waals surface area contributed by atoms with E-state index in [2.05, 4.69) is 4.74 Å². The molecule has 0 aliphatic carbocycles. The minimum atomic E-state index is -5.48. The molecule has 1 aromatic heterocycles. The van der Waals surface area contributed by atoms with Gasteiger partial charge in [-0.2, -0.15) is 13.2 Å². The van der Waals surface area contributed by atoms with Crippen molar-refractivity contribution in [1.82, 2.24) is 10.2 Å². The van der Waals surface area contributed by atoms with Crippen LogP contribution in [0, 0.1) is 17.1 Å². The molecule has 222 valence electrons. The smallest absolute Gasteiger partial charge is 0.480 e. The maximum atomic E-state index is 14.2. The highest BCUT2D eigenvalue weighted by Crippen LogP contribution is 2.24. The van der Waals surface area contributed by atoms with Crippen LogP contribution in [0.1, 0.15) is 40.4 Å². The van der Waals surface area contributed by atoms with E-state index >= 15 is 0 Å². The number of nitrogens with two attached hydrogens (primary N) is 1. The van der Waals surface area contributed by atoms with Crippen LogP contribution >= 0.6 is 11.3 Å². The fourth-order valence-electron chi connectivity index (χ4n) is 3.13. The number of nitrogens with zero attached hydrogens (tertiary/aromatic N) is 1. The summed E-state index contributed by atoms with van der Waals surface area (Å²) in [6.07, 6.45) is -6.75. The average Bonchev–Trinajstić information content (AvgIpc) is 3.32. The van der Waals surface area contributed by atoms with E-state index in [0.29, 0.717) is 4.88 Å². The summed E-state index contributed by atoms with van der Waals surface area (Å²) in [7, 11) is 0. The molecule has 0 fully saturated rings. The highest BCUT2D eigenvalue weighted by atomic mass is 32.1. The molecular weight excluding hydrogens is 580 g/mol. The zero-order valence-corrected chi connectivity index (χ0v) is 22.2. The van der Waals surface area contributed by atoms with E-state index < -0.39 is 60.1 Å². The second-order valence-corrected chi connectivity index (χ2v) is 9.96. The molecule has 0 unspecified atom stereocenters. The van der Waals surface area contributed by atoms with E-state index in [1.807, 2.05) is 5.32 Å². The van der Waals surface area contributed by atoms with Gasteiger partial charge in [0.15, 0.2) is 11.6 Å². The topological polar surface area (TPSA) is 189 Å². The number of hydrogen-bond donors (Lipinski definition) is 4. The number of ether oxygens (including phenoxy) is 2. The number of thiophene rings is 1. The first-order valence-electron chi connectivity index (χ1n) is 11.5. The number of hydrogen-bond acceptors (Lipinski definition) is 9. The summed E-state index contributed by atoms with van der Waals surface area (Å²) < 4.78 is 59.7. The zero-order valence-electron chi connectivity index (χ0n) is 21.4. The summed E-state index contributed by atoms with van der Waals surface area (Å²) in [5, 5.41) is 18.6. The molecule has 5 N–H and O–H groups in total. The lowest BCUT2D eigenvalue weighted by molar-refractivity contribution is -0.202. The third-order valence-electron chi connectivity index (χ3n) is 4.93. The Bertz CT molecular complexity index is 1350. The maximum absolute atomic E-state index is 14.2. The predicted octanol–water partition coefficient (Wildman–Crippen LogP) is 3.03. The van der Waals surface area contributed by atoms with Gasteiger partial charge in [0.1, 0.15) is 16.8 Å². The lowest BCUT2D eigenvalue weighted by Gasteiger charge is -2.26.